The molecule has 6 heteroatoms. The molecular weight excluding hydrogens is 318 g/mol. The van der Waals surface area contributed by atoms with E-state index in [1.165, 1.54) is 0 Å². The lowest BCUT2D eigenvalue weighted by atomic mass is 10.1. The predicted molar refractivity (Wildman–Crippen MR) is 95.5 cm³/mol. The molecule has 2 aliphatic heterocycles. The zero-order valence-electron chi connectivity index (χ0n) is 13.4. The molecule has 5 rings (SSSR count). The highest BCUT2D eigenvalue weighted by atomic mass is 16.7. The average molecular weight is 333 g/mol. The van der Waals surface area contributed by atoms with Gasteiger partial charge in [0.2, 0.25) is 6.79 Å². The first kappa shape index (κ1) is 14.1. The molecule has 3 heterocycles. The minimum absolute atomic E-state index is 0.0404. The first-order valence-electron chi connectivity index (χ1n) is 8.10. The third-order valence-corrected chi connectivity index (χ3v) is 4.61. The molecule has 3 aromatic rings. The van der Waals surface area contributed by atoms with Gasteiger partial charge < -0.3 is 15.2 Å². The van der Waals surface area contributed by atoms with Crippen LogP contribution in [-0.2, 0) is 6.54 Å². The van der Waals surface area contributed by atoms with Gasteiger partial charge in [0.1, 0.15) is 5.82 Å². The van der Waals surface area contributed by atoms with Gasteiger partial charge in [-0.25, -0.2) is 4.98 Å². The third-order valence-electron chi connectivity index (χ3n) is 4.61. The van der Waals surface area contributed by atoms with Gasteiger partial charge in [-0.15, -0.1) is 0 Å². The summed E-state index contributed by atoms with van der Waals surface area (Å²) >= 11 is 0. The summed E-state index contributed by atoms with van der Waals surface area (Å²) in [4.78, 5) is 17.4. The van der Waals surface area contributed by atoms with E-state index in [1.54, 1.807) is 22.8 Å². The molecule has 0 saturated heterocycles. The van der Waals surface area contributed by atoms with E-state index in [2.05, 4.69) is 6.08 Å². The summed E-state index contributed by atoms with van der Waals surface area (Å²) in [7, 11) is 0. The Kier molecular flexibility index (Phi) is 2.88. The maximum atomic E-state index is 12.7. The normalized spacial score (nSPS) is 16.6. The van der Waals surface area contributed by atoms with Crippen molar-refractivity contribution >= 4 is 28.2 Å². The summed E-state index contributed by atoms with van der Waals surface area (Å²) in [6, 6.07) is 11.1. The summed E-state index contributed by atoms with van der Waals surface area (Å²) < 4.78 is 12.5. The van der Waals surface area contributed by atoms with Crippen LogP contribution >= 0.6 is 0 Å². The lowest BCUT2D eigenvalue weighted by molar-refractivity contribution is 0.174. The van der Waals surface area contributed by atoms with Crippen LogP contribution in [0.15, 0.2) is 41.2 Å². The van der Waals surface area contributed by atoms with Crippen molar-refractivity contribution in [1.29, 1.82) is 0 Å². The van der Waals surface area contributed by atoms with Crippen LogP contribution in [-0.4, -0.2) is 16.3 Å². The first-order valence-corrected chi connectivity index (χ1v) is 8.10. The molecule has 0 saturated carbocycles. The van der Waals surface area contributed by atoms with Crippen molar-refractivity contribution in [2.75, 3.05) is 12.5 Å². The zero-order valence-corrected chi connectivity index (χ0v) is 13.4. The summed E-state index contributed by atoms with van der Waals surface area (Å²) in [5.41, 5.74) is 9.04. The van der Waals surface area contributed by atoms with Crippen LogP contribution in [0.2, 0.25) is 0 Å². The number of hydrogen-bond donors (Lipinski definition) is 1. The Labute approximate surface area is 143 Å². The Balaban J connectivity index is 1.64. The van der Waals surface area contributed by atoms with E-state index in [4.69, 9.17) is 20.2 Å². The number of rotatable bonds is 1. The molecule has 0 atom stereocenters. The molecule has 25 heavy (non-hydrogen) atoms. The molecule has 1 aromatic heterocycles. The maximum absolute atomic E-state index is 12.7. The smallest absolute Gasteiger partial charge is 0.261 e. The second-order valence-corrected chi connectivity index (χ2v) is 6.20. The number of fused-ring (bicyclic) bond motifs is 3. The maximum Gasteiger partial charge on any atom is 0.261 e. The first-order chi connectivity index (χ1) is 12.2. The van der Waals surface area contributed by atoms with E-state index in [0.717, 1.165) is 34.9 Å². The number of nitrogens with zero attached hydrogens (tertiary/aromatic N) is 2. The molecule has 0 bridgehead atoms. The van der Waals surface area contributed by atoms with E-state index in [9.17, 15) is 4.79 Å². The van der Waals surface area contributed by atoms with E-state index in [0.29, 0.717) is 23.1 Å². The minimum Gasteiger partial charge on any atom is -0.454 e. The Bertz CT molecular complexity index is 1110. The topological polar surface area (TPSA) is 79.4 Å². The SMILES string of the molecule is Nc1ccc2nc3n(c(=O)c2c1)CCC3=Cc1ccc2c(c1)OCO2. The summed E-state index contributed by atoms with van der Waals surface area (Å²) in [5, 5.41) is 0.563. The quantitative estimate of drug-likeness (QED) is 0.693. The highest BCUT2D eigenvalue weighted by Crippen LogP contribution is 2.34. The second-order valence-electron chi connectivity index (χ2n) is 6.20. The van der Waals surface area contributed by atoms with Crippen LogP contribution in [0.3, 0.4) is 0 Å². The number of hydrogen-bond acceptors (Lipinski definition) is 5. The standard InChI is InChI=1S/C19H15N3O3/c20-13-2-3-15-14(9-13)19(23)22-6-5-12(18(22)21-15)7-11-1-4-16-17(8-11)25-10-24-16/h1-4,7-9H,5-6,10,20H2. The molecular formula is C19H15N3O3. The number of aromatic nitrogens is 2. The lowest BCUT2D eigenvalue weighted by Crippen LogP contribution is -2.20. The van der Waals surface area contributed by atoms with Gasteiger partial charge in [0, 0.05) is 12.2 Å². The number of benzene rings is 2. The number of nitrogen functional groups attached to an aromatic ring is 1. The van der Waals surface area contributed by atoms with Crippen LogP contribution in [0.5, 0.6) is 11.5 Å². The molecule has 124 valence electrons. The third kappa shape index (κ3) is 2.18. The van der Waals surface area contributed by atoms with Gasteiger partial charge in [0.05, 0.1) is 10.9 Å². The van der Waals surface area contributed by atoms with Crippen molar-refractivity contribution in [3.63, 3.8) is 0 Å². The lowest BCUT2D eigenvalue weighted by Gasteiger charge is -2.06. The van der Waals surface area contributed by atoms with E-state index < -0.39 is 0 Å². The Morgan fingerprint density at radius 1 is 1.12 bits per heavy atom. The molecule has 0 fully saturated rings. The number of nitrogens with two attached hydrogens (primary N) is 1. The van der Waals surface area contributed by atoms with Crippen molar-refractivity contribution in [2.45, 2.75) is 13.0 Å². The second kappa shape index (κ2) is 5.11. The fourth-order valence-corrected chi connectivity index (χ4v) is 3.38. The van der Waals surface area contributed by atoms with Gasteiger partial charge in [-0.1, -0.05) is 6.07 Å². The monoisotopic (exact) mass is 333 g/mol. The molecule has 0 aliphatic carbocycles. The van der Waals surface area contributed by atoms with Crippen LogP contribution < -0.4 is 20.8 Å². The van der Waals surface area contributed by atoms with Gasteiger partial charge in [0.25, 0.3) is 5.56 Å². The highest BCUT2D eigenvalue weighted by molar-refractivity contribution is 5.86. The molecule has 2 aliphatic rings. The fourth-order valence-electron chi connectivity index (χ4n) is 3.38. The minimum atomic E-state index is -0.0404. The van der Waals surface area contributed by atoms with Gasteiger partial charge in [-0.3, -0.25) is 9.36 Å². The van der Waals surface area contributed by atoms with Gasteiger partial charge in [0.15, 0.2) is 11.5 Å². The van der Waals surface area contributed by atoms with Crippen molar-refractivity contribution in [3.8, 4) is 11.5 Å². The van der Waals surface area contributed by atoms with Gasteiger partial charge >= 0.3 is 0 Å². The van der Waals surface area contributed by atoms with Crippen LogP contribution in [0.1, 0.15) is 17.8 Å². The fraction of sp³-hybridized carbons (Fsp3) is 0.158. The largest absolute Gasteiger partial charge is 0.454 e. The molecule has 0 spiro atoms. The predicted octanol–water partition coefficient (Wildman–Crippen LogP) is 2.65. The van der Waals surface area contributed by atoms with Crippen molar-refractivity contribution < 1.29 is 9.47 Å². The van der Waals surface area contributed by atoms with Crippen LogP contribution in [0.25, 0.3) is 22.6 Å². The van der Waals surface area contributed by atoms with E-state index in [-0.39, 0.29) is 12.4 Å². The Hall–Kier alpha value is -3.28. The molecule has 0 unspecified atom stereocenters. The Morgan fingerprint density at radius 3 is 2.92 bits per heavy atom. The van der Waals surface area contributed by atoms with Gasteiger partial charge in [-0.2, -0.15) is 0 Å². The van der Waals surface area contributed by atoms with Crippen LogP contribution in [0.4, 0.5) is 5.69 Å². The summed E-state index contributed by atoms with van der Waals surface area (Å²) in [6.45, 7) is 0.881. The van der Waals surface area contributed by atoms with E-state index in [1.807, 2.05) is 18.2 Å². The summed E-state index contributed by atoms with van der Waals surface area (Å²) in [6.07, 6.45) is 2.82. The Morgan fingerprint density at radius 2 is 2.00 bits per heavy atom. The highest BCUT2D eigenvalue weighted by Gasteiger charge is 2.21. The number of anilines is 1. The molecule has 6 nitrogen and oxygen atoms in total. The van der Waals surface area contributed by atoms with Crippen LogP contribution in [0, 0.1) is 0 Å². The van der Waals surface area contributed by atoms with Crippen molar-refractivity contribution in [2.24, 2.45) is 0 Å². The molecule has 0 amide bonds. The van der Waals surface area contributed by atoms with E-state index >= 15 is 0 Å². The molecule has 2 aromatic carbocycles. The molecule has 2 N–H and O–H groups in total. The molecule has 0 radical (unpaired) electrons. The zero-order chi connectivity index (χ0) is 17.0. The van der Waals surface area contributed by atoms with Gasteiger partial charge in [-0.05, 0) is 54.0 Å². The average Bonchev–Trinajstić information content (AvgIpc) is 3.23. The van der Waals surface area contributed by atoms with Crippen molar-refractivity contribution in [3.05, 3.63) is 58.1 Å². The van der Waals surface area contributed by atoms with Crippen molar-refractivity contribution in [1.82, 2.24) is 9.55 Å². The number of ether oxygens (including phenoxy) is 2. The number of allylic oxidation sites excluding steroid dienone is 1. The summed E-state index contributed by atoms with van der Waals surface area (Å²) in [5.74, 6) is 2.22.